The maximum Gasteiger partial charge on any atom is 0.166 e. The standard InChI is InChI=1S/C21H30O3/c1-12(22)16-11-17-13(10-19(16)23)4-5-15-14(17)6-8-20(2)18(15)7-9-21(20,3)24/h10,14-18,24H,4-9,11H2,1-3H3/t14?,15?,16?,17-,18?,20-,21-/m0/s1. The Labute approximate surface area is 144 Å². The molecule has 3 heteroatoms. The molecule has 0 aromatic carbocycles. The number of carbonyl (C=O) groups is 2. The molecule has 24 heavy (non-hydrogen) atoms. The van der Waals surface area contributed by atoms with Gasteiger partial charge in [-0.1, -0.05) is 12.5 Å². The number of aliphatic hydroxyl groups is 1. The molecule has 0 bridgehead atoms. The largest absolute Gasteiger partial charge is 0.390 e. The lowest BCUT2D eigenvalue weighted by Gasteiger charge is -2.55. The quantitative estimate of drug-likeness (QED) is 0.746. The molecular formula is C21H30O3. The molecule has 3 saturated carbocycles. The van der Waals surface area contributed by atoms with Crippen LogP contribution in [0.5, 0.6) is 0 Å². The summed E-state index contributed by atoms with van der Waals surface area (Å²) in [4.78, 5) is 24.1. The van der Waals surface area contributed by atoms with Gasteiger partial charge in [0.05, 0.1) is 11.5 Å². The molecular weight excluding hydrogens is 300 g/mol. The fraction of sp³-hybridized carbons (Fsp3) is 0.810. The van der Waals surface area contributed by atoms with E-state index in [1.54, 1.807) is 6.92 Å². The predicted molar refractivity (Wildman–Crippen MR) is 92.3 cm³/mol. The molecule has 0 spiro atoms. The van der Waals surface area contributed by atoms with Gasteiger partial charge < -0.3 is 5.11 Å². The molecule has 0 aromatic rings. The van der Waals surface area contributed by atoms with Crippen LogP contribution in [0.3, 0.4) is 0 Å². The number of ketones is 2. The smallest absolute Gasteiger partial charge is 0.166 e. The van der Waals surface area contributed by atoms with Gasteiger partial charge in [0.1, 0.15) is 5.78 Å². The number of Topliss-reactive ketones (excluding diaryl/α,β-unsaturated/α-hetero) is 1. The van der Waals surface area contributed by atoms with Crippen molar-refractivity contribution in [3.8, 4) is 0 Å². The Hall–Kier alpha value is -0.960. The lowest BCUT2D eigenvalue weighted by molar-refractivity contribution is -0.132. The predicted octanol–water partition coefficient (Wildman–Crippen LogP) is 3.69. The summed E-state index contributed by atoms with van der Waals surface area (Å²) in [7, 11) is 0. The van der Waals surface area contributed by atoms with Crippen molar-refractivity contribution < 1.29 is 14.7 Å². The van der Waals surface area contributed by atoms with E-state index in [-0.39, 0.29) is 17.0 Å². The minimum absolute atomic E-state index is 0.0295. The first-order valence-corrected chi connectivity index (χ1v) is 9.72. The van der Waals surface area contributed by atoms with Gasteiger partial charge in [-0.05, 0) is 94.0 Å². The lowest BCUT2D eigenvalue weighted by atomic mass is 9.50. The molecule has 0 aromatic heterocycles. The van der Waals surface area contributed by atoms with E-state index in [2.05, 4.69) is 6.92 Å². The molecule has 3 nitrogen and oxygen atoms in total. The summed E-state index contributed by atoms with van der Waals surface area (Å²) in [6, 6.07) is 0. The van der Waals surface area contributed by atoms with E-state index < -0.39 is 11.5 Å². The first-order valence-electron chi connectivity index (χ1n) is 9.72. The molecule has 0 radical (unpaired) electrons. The Bertz CT molecular complexity index is 617. The van der Waals surface area contributed by atoms with Crippen molar-refractivity contribution >= 4 is 11.6 Å². The number of hydrogen-bond donors (Lipinski definition) is 1. The molecule has 0 amide bonds. The summed E-state index contributed by atoms with van der Waals surface area (Å²) in [5.41, 5.74) is 0.815. The first-order chi connectivity index (χ1) is 11.2. The summed E-state index contributed by atoms with van der Waals surface area (Å²) in [5.74, 6) is 1.94. The van der Waals surface area contributed by atoms with Gasteiger partial charge in [-0.3, -0.25) is 9.59 Å². The maximum atomic E-state index is 12.2. The van der Waals surface area contributed by atoms with Crippen molar-refractivity contribution in [3.63, 3.8) is 0 Å². The van der Waals surface area contributed by atoms with Gasteiger partial charge in [-0.25, -0.2) is 0 Å². The third kappa shape index (κ3) is 2.13. The first kappa shape index (κ1) is 16.5. The van der Waals surface area contributed by atoms with Crippen LogP contribution in [0.1, 0.15) is 65.7 Å². The Morgan fingerprint density at radius 1 is 1.17 bits per heavy atom. The third-order valence-electron chi connectivity index (χ3n) is 8.47. The van der Waals surface area contributed by atoms with Crippen molar-refractivity contribution in [2.24, 2.45) is 35.0 Å². The van der Waals surface area contributed by atoms with Crippen LogP contribution in [0.2, 0.25) is 0 Å². The Morgan fingerprint density at radius 3 is 2.62 bits per heavy atom. The van der Waals surface area contributed by atoms with E-state index in [1.165, 1.54) is 5.57 Å². The van der Waals surface area contributed by atoms with E-state index >= 15 is 0 Å². The van der Waals surface area contributed by atoms with Crippen molar-refractivity contribution in [3.05, 3.63) is 11.6 Å². The van der Waals surface area contributed by atoms with Gasteiger partial charge in [0.15, 0.2) is 5.78 Å². The van der Waals surface area contributed by atoms with E-state index in [0.717, 1.165) is 44.9 Å². The molecule has 0 heterocycles. The molecule has 4 rings (SSSR count). The monoisotopic (exact) mass is 330 g/mol. The average Bonchev–Trinajstić information content (AvgIpc) is 2.76. The van der Waals surface area contributed by atoms with Gasteiger partial charge in [0, 0.05) is 0 Å². The summed E-state index contributed by atoms with van der Waals surface area (Å²) in [6.07, 6.45) is 8.97. The molecule has 4 unspecified atom stereocenters. The van der Waals surface area contributed by atoms with Crippen LogP contribution >= 0.6 is 0 Å². The molecule has 3 fully saturated rings. The van der Waals surface area contributed by atoms with Crippen LogP contribution in [0.4, 0.5) is 0 Å². The van der Waals surface area contributed by atoms with Crippen LogP contribution < -0.4 is 0 Å². The minimum atomic E-state index is -0.538. The van der Waals surface area contributed by atoms with E-state index in [0.29, 0.717) is 23.7 Å². The van der Waals surface area contributed by atoms with Crippen LogP contribution in [0.25, 0.3) is 0 Å². The van der Waals surface area contributed by atoms with Crippen LogP contribution in [-0.2, 0) is 9.59 Å². The van der Waals surface area contributed by atoms with Gasteiger partial charge in [0.2, 0.25) is 0 Å². The second kappa shape index (κ2) is 5.27. The average molecular weight is 330 g/mol. The van der Waals surface area contributed by atoms with Crippen molar-refractivity contribution in [2.45, 2.75) is 71.3 Å². The third-order valence-corrected chi connectivity index (χ3v) is 8.47. The van der Waals surface area contributed by atoms with E-state index in [4.69, 9.17) is 0 Å². The second-order valence-corrected chi connectivity index (χ2v) is 9.37. The summed E-state index contributed by atoms with van der Waals surface area (Å²) in [6.45, 7) is 5.90. The van der Waals surface area contributed by atoms with Gasteiger partial charge in [-0.2, -0.15) is 0 Å². The van der Waals surface area contributed by atoms with Crippen molar-refractivity contribution in [1.29, 1.82) is 0 Å². The highest BCUT2D eigenvalue weighted by Crippen LogP contribution is 2.64. The molecule has 0 saturated heterocycles. The molecule has 4 aliphatic carbocycles. The van der Waals surface area contributed by atoms with E-state index in [1.807, 2.05) is 13.0 Å². The maximum absolute atomic E-state index is 12.2. The van der Waals surface area contributed by atoms with Gasteiger partial charge >= 0.3 is 0 Å². The molecule has 1 N–H and O–H groups in total. The lowest BCUT2D eigenvalue weighted by Crippen LogP contribution is -2.52. The Morgan fingerprint density at radius 2 is 1.92 bits per heavy atom. The highest BCUT2D eigenvalue weighted by Gasteiger charge is 2.60. The highest BCUT2D eigenvalue weighted by molar-refractivity contribution is 6.07. The highest BCUT2D eigenvalue weighted by atomic mass is 16.3. The van der Waals surface area contributed by atoms with Crippen molar-refractivity contribution in [2.75, 3.05) is 0 Å². The molecule has 0 aliphatic heterocycles. The number of carbonyl (C=O) groups excluding carboxylic acids is 2. The van der Waals surface area contributed by atoms with Gasteiger partial charge in [0.25, 0.3) is 0 Å². The zero-order valence-corrected chi connectivity index (χ0v) is 15.2. The zero-order chi connectivity index (χ0) is 17.3. The second-order valence-electron chi connectivity index (χ2n) is 9.37. The summed E-state index contributed by atoms with van der Waals surface area (Å²) < 4.78 is 0. The van der Waals surface area contributed by atoms with E-state index in [9.17, 15) is 14.7 Å². The van der Waals surface area contributed by atoms with Crippen LogP contribution in [0, 0.1) is 35.0 Å². The SMILES string of the molecule is CC(=O)C1C[C@H]2C(=CC1=O)CCC1C2CC[C@@]2(C)C1CC[C@]2(C)O. The van der Waals surface area contributed by atoms with Gasteiger partial charge in [-0.15, -0.1) is 0 Å². The molecule has 7 atom stereocenters. The topological polar surface area (TPSA) is 54.4 Å². The Kier molecular flexibility index (Phi) is 3.62. The van der Waals surface area contributed by atoms with Crippen LogP contribution in [-0.4, -0.2) is 22.3 Å². The molecule has 4 aliphatic rings. The number of fused-ring (bicyclic) bond motifs is 5. The molecule has 132 valence electrons. The number of allylic oxidation sites excluding steroid dienone is 1. The summed E-state index contributed by atoms with van der Waals surface area (Å²) in [5, 5.41) is 10.9. The van der Waals surface area contributed by atoms with Crippen LogP contribution in [0.15, 0.2) is 11.6 Å². The number of hydrogen-bond acceptors (Lipinski definition) is 3. The number of rotatable bonds is 1. The summed E-state index contributed by atoms with van der Waals surface area (Å²) >= 11 is 0. The normalized spacial score (nSPS) is 50.6. The zero-order valence-electron chi connectivity index (χ0n) is 15.2. The Balaban J connectivity index is 1.64. The van der Waals surface area contributed by atoms with Crippen molar-refractivity contribution in [1.82, 2.24) is 0 Å². The minimum Gasteiger partial charge on any atom is -0.390 e. The fourth-order valence-corrected chi connectivity index (χ4v) is 6.79. The fourth-order valence-electron chi connectivity index (χ4n) is 6.79.